The minimum Gasteiger partial charge on any atom is -0.464 e. The van der Waals surface area contributed by atoms with Gasteiger partial charge in [-0.15, -0.1) is 11.3 Å². The maximum Gasteiger partial charge on any atom is 0.324 e. The van der Waals surface area contributed by atoms with Gasteiger partial charge >= 0.3 is 5.97 Å². The zero-order valence-electron chi connectivity index (χ0n) is 29.2. The van der Waals surface area contributed by atoms with Crippen molar-refractivity contribution in [1.29, 1.82) is 0 Å². The lowest BCUT2D eigenvalue weighted by Gasteiger charge is -2.34. The lowest BCUT2D eigenvalue weighted by Crippen LogP contribution is -2.55. The molecule has 0 saturated carbocycles. The highest BCUT2D eigenvalue weighted by molar-refractivity contribution is 7.09. The molecular weight excluding hydrogens is 639 g/mol. The second kappa shape index (κ2) is 13.8. The SMILES string of the molecule is CO[C@@H](C)c1ncc(N2CCN(C)CC2)cc1-c1[nH]c2ccc3cc2c1CC(C)(C)COC(=O)C1CCCN(N1)C(=O)CCc1nc-3cs1. The number of nitrogens with zero attached hydrogens (tertiary/aromatic N) is 5. The monoisotopic (exact) mass is 685 g/mol. The number of benzene rings is 1. The van der Waals surface area contributed by atoms with E-state index in [1.54, 1.807) is 23.5 Å². The maximum atomic E-state index is 13.4. The molecule has 1 aromatic carbocycles. The van der Waals surface area contributed by atoms with Gasteiger partial charge in [-0.3, -0.25) is 19.6 Å². The molecule has 1 amide bonds. The first-order valence-electron chi connectivity index (χ1n) is 17.4. The summed E-state index contributed by atoms with van der Waals surface area (Å²) < 4.78 is 11.9. The van der Waals surface area contributed by atoms with E-state index in [0.29, 0.717) is 32.2 Å². The molecule has 1 unspecified atom stereocenters. The first-order valence-corrected chi connectivity index (χ1v) is 18.3. The number of thiazole rings is 1. The van der Waals surface area contributed by atoms with Crippen molar-refractivity contribution < 1.29 is 19.1 Å². The minimum atomic E-state index is -0.550. The quantitative estimate of drug-likeness (QED) is 0.274. The minimum absolute atomic E-state index is 0.0325. The fourth-order valence-electron chi connectivity index (χ4n) is 7.10. The van der Waals surface area contributed by atoms with Crippen LogP contribution in [0.4, 0.5) is 5.69 Å². The number of hydrogen-bond donors (Lipinski definition) is 2. The number of anilines is 1. The Hall–Kier alpha value is -3.84. The Morgan fingerprint density at radius 3 is 2.71 bits per heavy atom. The zero-order valence-corrected chi connectivity index (χ0v) is 30.0. The molecule has 6 bridgehead atoms. The Morgan fingerprint density at radius 1 is 1.10 bits per heavy atom. The van der Waals surface area contributed by atoms with E-state index in [-0.39, 0.29) is 24.6 Å². The molecule has 3 aromatic heterocycles. The van der Waals surface area contributed by atoms with Crippen LogP contribution in [0.25, 0.3) is 33.4 Å². The van der Waals surface area contributed by atoms with Gasteiger partial charge in [-0.2, -0.15) is 0 Å². The van der Waals surface area contributed by atoms with Crippen LogP contribution in [0.15, 0.2) is 35.8 Å². The summed E-state index contributed by atoms with van der Waals surface area (Å²) in [5, 5.41) is 5.69. The largest absolute Gasteiger partial charge is 0.464 e. The molecule has 11 nitrogen and oxygen atoms in total. The average molecular weight is 686 g/mol. The number of amides is 1. The lowest BCUT2D eigenvalue weighted by atomic mass is 9.84. The molecule has 12 heteroatoms. The van der Waals surface area contributed by atoms with E-state index < -0.39 is 11.5 Å². The number of esters is 1. The Balaban J connectivity index is 1.34. The van der Waals surface area contributed by atoms with Crippen molar-refractivity contribution in [1.82, 2.24) is 30.3 Å². The summed E-state index contributed by atoms with van der Waals surface area (Å²) in [6.07, 6.45) is 4.64. The van der Waals surface area contributed by atoms with Gasteiger partial charge in [0.1, 0.15) is 6.04 Å². The number of hydrogen-bond acceptors (Lipinski definition) is 10. The van der Waals surface area contributed by atoms with E-state index in [0.717, 1.165) is 88.0 Å². The highest BCUT2D eigenvalue weighted by Crippen LogP contribution is 2.41. The summed E-state index contributed by atoms with van der Waals surface area (Å²) in [7, 11) is 3.88. The maximum absolute atomic E-state index is 13.4. The van der Waals surface area contributed by atoms with E-state index in [1.165, 1.54) is 0 Å². The Morgan fingerprint density at radius 2 is 1.92 bits per heavy atom. The van der Waals surface area contributed by atoms with E-state index in [1.807, 2.05) is 13.1 Å². The van der Waals surface area contributed by atoms with Crippen LogP contribution < -0.4 is 10.3 Å². The molecule has 2 atom stereocenters. The van der Waals surface area contributed by atoms with Crippen LogP contribution in [-0.4, -0.2) is 96.3 Å². The van der Waals surface area contributed by atoms with Crippen molar-refractivity contribution in [3.8, 4) is 22.5 Å². The molecule has 0 aliphatic carbocycles. The number of ether oxygens (including phenoxy) is 2. The van der Waals surface area contributed by atoms with Crippen LogP contribution in [-0.2, 0) is 31.9 Å². The smallest absolute Gasteiger partial charge is 0.324 e. The van der Waals surface area contributed by atoms with Gasteiger partial charge in [-0.1, -0.05) is 19.9 Å². The molecule has 3 aliphatic rings. The number of carbonyl (C=O) groups is 2. The fraction of sp³-hybridized carbons (Fsp3) is 0.514. The van der Waals surface area contributed by atoms with Crippen LogP contribution in [0.3, 0.4) is 0 Å². The van der Waals surface area contributed by atoms with Crippen LogP contribution in [0, 0.1) is 5.41 Å². The predicted molar refractivity (Wildman–Crippen MR) is 192 cm³/mol. The number of fused-ring (bicyclic) bond motifs is 6. The number of rotatable bonds is 4. The summed E-state index contributed by atoms with van der Waals surface area (Å²) in [5.74, 6) is -0.354. The Labute approximate surface area is 292 Å². The molecule has 0 spiro atoms. The summed E-state index contributed by atoms with van der Waals surface area (Å²) in [5.41, 5.74) is 10.8. The molecular formula is C37H47N7O4S. The number of aromatic nitrogens is 3. The van der Waals surface area contributed by atoms with Gasteiger partial charge in [0.05, 0.1) is 46.7 Å². The Kier molecular flexibility index (Phi) is 9.49. The molecule has 3 aliphatic heterocycles. The van der Waals surface area contributed by atoms with Crippen molar-refractivity contribution in [3.05, 3.63) is 52.1 Å². The van der Waals surface area contributed by atoms with Crippen LogP contribution in [0.2, 0.25) is 0 Å². The molecule has 7 rings (SSSR count). The summed E-state index contributed by atoms with van der Waals surface area (Å²) in [6, 6.07) is 8.17. The number of carbonyl (C=O) groups excluding carboxylic acids is 2. The summed E-state index contributed by atoms with van der Waals surface area (Å²) in [4.78, 5) is 45.0. The molecule has 6 heterocycles. The summed E-state index contributed by atoms with van der Waals surface area (Å²) >= 11 is 1.58. The van der Waals surface area contributed by atoms with Crippen molar-refractivity contribution in [2.45, 2.75) is 65.0 Å². The first kappa shape index (κ1) is 33.6. The number of methoxy groups -OCH3 is 1. The van der Waals surface area contributed by atoms with Crippen LogP contribution in [0.1, 0.15) is 62.4 Å². The van der Waals surface area contributed by atoms with Gasteiger partial charge in [0, 0.05) is 85.5 Å². The lowest BCUT2D eigenvalue weighted by molar-refractivity contribution is -0.154. The van der Waals surface area contributed by atoms with Gasteiger partial charge in [0.2, 0.25) is 5.91 Å². The number of aromatic amines is 1. The third-order valence-corrected chi connectivity index (χ3v) is 11.0. The Bertz CT molecular complexity index is 1840. The van der Waals surface area contributed by atoms with Crippen molar-refractivity contribution >= 4 is 39.8 Å². The number of likely N-dealkylation sites (N-methyl/N-ethyl adjacent to an activating group) is 1. The molecule has 49 heavy (non-hydrogen) atoms. The number of pyridine rings is 1. The van der Waals surface area contributed by atoms with Crippen molar-refractivity contribution in [3.63, 3.8) is 0 Å². The molecule has 260 valence electrons. The van der Waals surface area contributed by atoms with Gasteiger partial charge in [-0.25, -0.2) is 10.4 Å². The molecule has 0 radical (unpaired) electrons. The normalized spacial score (nSPS) is 21.4. The third kappa shape index (κ3) is 7.10. The number of aryl methyl sites for hydroxylation is 1. The predicted octanol–water partition coefficient (Wildman–Crippen LogP) is 5.37. The van der Waals surface area contributed by atoms with Gasteiger partial charge in [0.15, 0.2) is 0 Å². The fourth-order valence-corrected chi connectivity index (χ4v) is 7.91. The standard InChI is InChI=1S/C37H47N7O4S/c1-23(47-5)34-27(18-25(20-38-34)43-15-13-42(4)14-16-43)35-28-19-37(2,3)22-48-36(46)30-7-6-12-44(41-30)33(45)11-10-32-39-31(21-49-32)24-8-9-29(40-35)26(28)17-24/h8-9,17-18,20-21,23,30,40-41H,6-7,10-16,19,22H2,1-5H3/t23-,30?/m0/s1. The van der Waals surface area contributed by atoms with Gasteiger partial charge in [-0.05, 0) is 57.0 Å². The number of piperazine rings is 1. The first-order chi connectivity index (χ1) is 23.6. The summed E-state index contributed by atoms with van der Waals surface area (Å²) in [6.45, 7) is 11.0. The average Bonchev–Trinajstić information content (AvgIpc) is 3.73. The second-order valence-electron chi connectivity index (χ2n) is 14.5. The number of hydrazine groups is 1. The van der Waals surface area contributed by atoms with E-state index in [2.05, 4.69) is 70.8 Å². The van der Waals surface area contributed by atoms with Gasteiger partial charge in [0.25, 0.3) is 0 Å². The molecule has 2 fully saturated rings. The topological polar surface area (TPSA) is 116 Å². The zero-order chi connectivity index (χ0) is 34.3. The van der Waals surface area contributed by atoms with E-state index in [4.69, 9.17) is 19.4 Å². The van der Waals surface area contributed by atoms with Crippen molar-refractivity contribution in [2.75, 3.05) is 58.4 Å². The third-order valence-electron chi connectivity index (χ3n) is 10.1. The highest BCUT2D eigenvalue weighted by Gasteiger charge is 2.32. The highest BCUT2D eigenvalue weighted by atomic mass is 32.1. The number of cyclic esters (lactones) is 1. The second-order valence-corrected chi connectivity index (χ2v) is 15.4. The number of H-pyrrole nitrogens is 1. The molecule has 4 aromatic rings. The van der Waals surface area contributed by atoms with Crippen LogP contribution >= 0.6 is 11.3 Å². The van der Waals surface area contributed by atoms with E-state index in [9.17, 15) is 9.59 Å². The van der Waals surface area contributed by atoms with E-state index >= 15 is 0 Å². The van der Waals surface area contributed by atoms with Crippen LogP contribution in [0.5, 0.6) is 0 Å². The van der Waals surface area contributed by atoms with Crippen molar-refractivity contribution in [2.24, 2.45) is 5.41 Å². The number of nitrogens with one attached hydrogen (secondary N) is 2. The molecule has 2 saturated heterocycles. The molecule has 2 N–H and O–H groups in total. The van der Waals surface area contributed by atoms with Gasteiger partial charge < -0.3 is 24.3 Å².